The molecule has 3 nitrogen and oxygen atoms in total. The van der Waals surface area contributed by atoms with E-state index in [9.17, 15) is 8.78 Å². The topological polar surface area (TPSA) is 27.7 Å². The Morgan fingerprint density at radius 3 is 2.62 bits per heavy atom. The molecule has 0 aromatic heterocycles. The highest BCUT2D eigenvalue weighted by atomic mass is 79.9. The molecule has 1 heterocycles. The van der Waals surface area contributed by atoms with Gasteiger partial charge in [-0.1, -0.05) is 15.9 Å². The first-order valence-electron chi connectivity index (χ1n) is 4.64. The van der Waals surface area contributed by atoms with Gasteiger partial charge in [0.05, 0.1) is 18.8 Å². The van der Waals surface area contributed by atoms with Crippen LogP contribution < -0.4 is 4.74 Å². The molecule has 1 aromatic carbocycles. The Morgan fingerprint density at radius 1 is 1.31 bits per heavy atom. The summed E-state index contributed by atoms with van der Waals surface area (Å²) in [4.78, 5) is 0. The van der Waals surface area contributed by atoms with Crippen molar-refractivity contribution < 1.29 is 23.0 Å². The average Bonchev–Trinajstić information content (AvgIpc) is 2.73. The molecule has 16 heavy (non-hydrogen) atoms. The number of rotatable bonds is 3. The Morgan fingerprint density at radius 2 is 2.00 bits per heavy atom. The molecule has 88 valence electrons. The third-order valence-corrected chi connectivity index (χ3v) is 2.56. The Labute approximate surface area is 99.4 Å². The molecule has 2 rings (SSSR count). The van der Waals surface area contributed by atoms with E-state index in [4.69, 9.17) is 9.47 Å². The van der Waals surface area contributed by atoms with Gasteiger partial charge in [0, 0.05) is 4.47 Å². The van der Waals surface area contributed by atoms with Gasteiger partial charge in [-0.25, -0.2) is 0 Å². The molecule has 1 saturated heterocycles. The Hall–Kier alpha value is -0.720. The summed E-state index contributed by atoms with van der Waals surface area (Å²) in [6, 6.07) is 4.72. The molecule has 1 fully saturated rings. The van der Waals surface area contributed by atoms with E-state index in [0.29, 0.717) is 18.8 Å². The summed E-state index contributed by atoms with van der Waals surface area (Å²) in [5.41, 5.74) is 0.465. The van der Waals surface area contributed by atoms with E-state index in [2.05, 4.69) is 20.7 Å². The monoisotopic (exact) mass is 294 g/mol. The zero-order chi connectivity index (χ0) is 11.5. The summed E-state index contributed by atoms with van der Waals surface area (Å²) in [5.74, 6) is 0.0742. The third-order valence-electron chi connectivity index (χ3n) is 2.06. The second-order valence-electron chi connectivity index (χ2n) is 3.13. The molecule has 0 spiro atoms. The number of ether oxygens (including phenoxy) is 3. The first-order chi connectivity index (χ1) is 7.66. The van der Waals surface area contributed by atoms with Crippen molar-refractivity contribution in [3.63, 3.8) is 0 Å². The van der Waals surface area contributed by atoms with Gasteiger partial charge in [-0.05, 0) is 18.2 Å². The standard InChI is InChI=1S/C10H9BrF2O3/c11-6-1-2-8(16-10(12)13)7(5-6)9-14-3-4-15-9/h1-2,5,9-10H,3-4H2. The van der Waals surface area contributed by atoms with Gasteiger partial charge in [-0.2, -0.15) is 8.78 Å². The zero-order valence-electron chi connectivity index (χ0n) is 8.16. The fraction of sp³-hybridized carbons (Fsp3) is 0.400. The molecule has 0 atom stereocenters. The van der Waals surface area contributed by atoms with Crippen LogP contribution in [0.3, 0.4) is 0 Å². The second kappa shape index (κ2) is 5.07. The van der Waals surface area contributed by atoms with Crippen LogP contribution in [0.4, 0.5) is 8.78 Å². The fourth-order valence-electron chi connectivity index (χ4n) is 1.44. The van der Waals surface area contributed by atoms with Gasteiger partial charge in [0.2, 0.25) is 0 Å². The van der Waals surface area contributed by atoms with Gasteiger partial charge in [0.25, 0.3) is 0 Å². The molecule has 6 heteroatoms. The number of benzene rings is 1. The minimum atomic E-state index is -2.86. The Kier molecular flexibility index (Phi) is 3.73. The molecule has 0 bridgehead atoms. The van der Waals surface area contributed by atoms with E-state index in [1.165, 1.54) is 6.07 Å². The van der Waals surface area contributed by atoms with Gasteiger partial charge < -0.3 is 14.2 Å². The summed E-state index contributed by atoms with van der Waals surface area (Å²) in [7, 11) is 0. The summed E-state index contributed by atoms with van der Waals surface area (Å²) in [6.07, 6.45) is -0.633. The van der Waals surface area contributed by atoms with Crippen molar-refractivity contribution in [1.29, 1.82) is 0 Å². The molecule has 0 aliphatic carbocycles. The number of hydrogen-bond acceptors (Lipinski definition) is 3. The Balaban J connectivity index is 2.28. The minimum absolute atomic E-state index is 0.0742. The highest BCUT2D eigenvalue weighted by molar-refractivity contribution is 9.10. The summed E-state index contributed by atoms with van der Waals surface area (Å²) < 4.78 is 40.0. The molecule has 1 aliphatic heterocycles. The lowest BCUT2D eigenvalue weighted by Crippen LogP contribution is -2.07. The SMILES string of the molecule is FC(F)Oc1ccc(Br)cc1C1OCCO1. The summed E-state index contributed by atoms with van der Waals surface area (Å²) in [5, 5.41) is 0. The van der Waals surface area contributed by atoms with Crippen LogP contribution in [-0.2, 0) is 9.47 Å². The zero-order valence-corrected chi connectivity index (χ0v) is 9.75. The van der Waals surface area contributed by atoms with Crippen molar-refractivity contribution >= 4 is 15.9 Å². The van der Waals surface area contributed by atoms with Gasteiger partial charge >= 0.3 is 6.61 Å². The van der Waals surface area contributed by atoms with E-state index in [1.54, 1.807) is 12.1 Å². The second-order valence-corrected chi connectivity index (χ2v) is 4.05. The highest BCUT2D eigenvalue weighted by Gasteiger charge is 2.23. The predicted octanol–water partition coefficient (Wildman–Crippen LogP) is 3.10. The van der Waals surface area contributed by atoms with Crippen LogP contribution in [0, 0.1) is 0 Å². The molecular weight excluding hydrogens is 286 g/mol. The maximum Gasteiger partial charge on any atom is 0.387 e. The van der Waals surface area contributed by atoms with E-state index >= 15 is 0 Å². The lowest BCUT2D eigenvalue weighted by atomic mass is 10.2. The summed E-state index contributed by atoms with van der Waals surface area (Å²) >= 11 is 3.26. The van der Waals surface area contributed by atoms with E-state index < -0.39 is 12.9 Å². The van der Waals surface area contributed by atoms with Gasteiger partial charge in [0.15, 0.2) is 6.29 Å². The third kappa shape index (κ3) is 2.69. The van der Waals surface area contributed by atoms with Crippen LogP contribution >= 0.6 is 15.9 Å². The predicted molar refractivity (Wildman–Crippen MR) is 55.4 cm³/mol. The minimum Gasteiger partial charge on any atom is -0.434 e. The quantitative estimate of drug-likeness (QED) is 0.857. The van der Waals surface area contributed by atoms with Crippen molar-refractivity contribution in [2.45, 2.75) is 12.9 Å². The lowest BCUT2D eigenvalue weighted by Gasteiger charge is -2.15. The van der Waals surface area contributed by atoms with Gasteiger partial charge in [-0.3, -0.25) is 0 Å². The normalized spacial score (nSPS) is 17.0. The van der Waals surface area contributed by atoms with Crippen molar-refractivity contribution in [2.75, 3.05) is 13.2 Å². The number of hydrogen-bond donors (Lipinski definition) is 0. The number of halogens is 3. The molecular formula is C10H9BrF2O3. The molecule has 0 amide bonds. The van der Waals surface area contributed by atoms with Crippen LogP contribution in [0.25, 0.3) is 0 Å². The van der Waals surface area contributed by atoms with Crippen molar-refractivity contribution in [2.24, 2.45) is 0 Å². The molecule has 0 radical (unpaired) electrons. The smallest absolute Gasteiger partial charge is 0.387 e. The lowest BCUT2D eigenvalue weighted by molar-refractivity contribution is -0.0659. The fourth-order valence-corrected chi connectivity index (χ4v) is 1.82. The highest BCUT2D eigenvalue weighted by Crippen LogP contribution is 2.34. The molecule has 0 unspecified atom stereocenters. The number of alkyl halides is 2. The van der Waals surface area contributed by atoms with E-state index in [1.807, 2.05) is 0 Å². The van der Waals surface area contributed by atoms with Crippen LogP contribution in [-0.4, -0.2) is 19.8 Å². The first kappa shape index (κ1) is 11.8. The molecule has 1 aliphatic rings. The van der Waals surface area contributed by atoms with Crippen molar-refractivity contribution in [1.82, 2.24) is 0 Å². The van der Waals surface area contributed by atoms with Gasteiger partial charge in [0.1, 0.15) is 5.75 Å². The first-order valence-corrected chi connectivity index (χ1v) is 5.43. The maximum absolute atomic E-state index is 12.2. The van der Waals surface area contributed by atoms with Crippen LogP contribution in [0.2, 0.25) is 0 Å². The van der Waals surface area contributed by atoms with Crippen LogP contribution in [0.1, 0.15) is 11.9 Å². The maximum atomic E-state index is 12.2. The Bertz CT molecular complexity index is 367. The van der Waals surface area contributed by atoms with E-state index in [-0.39, 0.29) is 5.75 Å². The molecule has 0 N–H and O–H groups in total. The van der Waals surface area contributed by atoms with Crippen LogP contribution in [0.15, 0.2) is 22.7 Å². The van der Waals surface area contributed by atoms with E-state index in [0.717, 1.165) is 4.47 Å². The summed E-state index contributed by atoms with van der Waals surface area (Å²) in [6.45, 7) is -1.96. The largest absolute Gasteiger partial charge is 0.434 e. The average molecular weight is 295 g/mol. The van der Waals surface area contributed by atoms with Crippen molar-refractivity contribution in [3.05, 3.63) is 28.2 Å². The van der Waals surface area contributed by atoms with Crippen molar-refractivity contribution in [3.8, 4) is 5.75 Å². The van der Waals surface area contributed by atoms with Gasteiger partial charge in [-0.15, -0.1) is 0 Å². The molecule has 0 saturated carbocycles. The van der Waals surface area contributed by atoms with Crippen LogP contribution in [0.5, 0.6) is 5.75 Å². The molecule has 1 aromatic rings.